The Balaban J connectivity index is 1.05. The summed E-state index contributed by atoms with van der Waals surface area (Å²) >= 11 is 5.94. The third-order valence-electron chi connectivity index (χ3n) is 9.08. The van der Waals surface area contributed by atoms with Crippen molar-refractivity contribution in [1.29, 1.82) is 0 Å². The van der Waals surface area contributed by atoms with Crippen molar-refractivity contribution in [1.82, 2.24) is 19.4 Å². The molecule has 4 aromatic rings. The van der Waals surface area contributed by atoms with E-state index in [2.05, 4.69) is 9.47 Å². The number of piperidine rings is 1. The van der Waals surface area contributed by atoms with Crippen LogP contribution < -0.4 is 0 Å². The van der Waals surface area contributed by atoms with Crippen LogP contribution in [0.3, 0.4) is 0 Å². The van der Waals surface area contributed by atoms with Crippen LogP contribution in [-0.2, 0) is 24.2 Å². The quantitative estimate of drug-likeness (QED) is 0.294. The van der Waals surface area contributed by atoms with Gasteiger partial charge in [0.05, 0.1) is 35.8 Å². The first-order chi connectivity index (χ1) is 20.8. The number of imidazole rings is 1. The number of fused-ring (bicyclic) bond motifs is 2. The molecular weight excluding hydrogens is 571 g/mol. The smallest absolute Gasteiger partial charge is 0.335 e. The highest BCUT2D eigenvalue weighted by atomic mass is 35.5. The Labute approximate surface area is 253 Å². The van der Waals surface area contributed by atoms with Crippen LogP contribution in [0.2, 0.25) is 5.02 Å². The van der Waals surface area contributed by atoms with E-state index in [1.807, 2.05) is 23.1 Å². The summed E-state index contributed by atoms with van der Waals surface area (Å²) in [7, 11) is 0. The molecule has 3 aliphatic heterocycles. The fourth-order valence-electron chi connectivity index (χ4n) is 6.58. The highest BCUT2D eigenvalue weighted by molar-refractivity contribution is 6.30. The van der Waals surface area contributed by atoms with E-state index in [0.29, 0.717) is 41.3 Å². The molecular formula is C33H32ClFN4O4. The van der Waals surface area contributed by atoms with Gasteiger partial charge in [-0.25, -0.2) is 14.2 Å². The molecule has 4 heterocycles. The fraction of sp³-hybridized carbons (Fsp3) is 0.364. The van der Waals surface area contributed by atoms with E-state index in [4.69, 9.17) is 21.3 Å². The van der Waals surface area contributed by atoms with Crippen LogP contribution in [-0.4, -0.2) is 74.7 Å². The van der Waals surface area contributed by atoms with Crippen LogP contribution in [0.1, 0.15) is 51.4 Å². The lowest BCUT2D eigenvalue weighted by molar-refractivity contribution is -0.0592. The van der Waals surface area contributed by atoms with Gasteiger partial charge >= 0.3 is 5.97 Å². The van der Waals surface area contributed by atoms with Crippen molar-refractivity contribution in [2.24, 2.45) is 0 Å². The number of hydrogen-bond donors (Lipinski definition) is 1. The van der Waals surface area contributed by atoms with Gasteiger partial charge in [0.25, 0.3) is 5.91 Å². The molecule has 0 spiro atoms. The molecule has 0 aliphatic carbocycles. The fourth-order valence-corrected chi connectivity index (χ4v) is 6.74. The highest BCUT2D eigenvalue weighted by Gasteiger charge is 2.33. The maximum atomic E-state index is 14.6. The Morgan fingerprint density at radius 1 is 1.02 bits per heavy atom. The Morgan fingerprint density at radius 2 is 1.84 bits per heavy atom. The minimum absolute atomic E-state index is 0.00690. The third-order valence-corrected chi connectivity index (χ3v) is 9.32. The van der Waals surface area contributed by atoms with Crippen molar-refractivity contribution in [3.05, 3.63) is 88.0 Å². The predicted octanol–water partition coefficient (Wildman–Crippen LogP) is 5.65. The number of carbonyl (C=O) groups excluding carboxylic acids is 1. The van der Waals surface area contributed by atoms with Crippen molar-refractivity contribution in [3.63, 3.8) is 0 Å². The number of benzene rings is 3. The topological polar surface area (TPSA) is 87.9 Å². The molecule has 0 saturated carbocycles. The molecule has 43 heavy (non-hydrogen) atoms. The molecule has 7 rings (SSSR count). The summed E-state index contributed by atoms with van der Waals surface area (Å²) in [6.45, 7) is 4.35. The normalized spacial score (nSPS) is 19.4. The molecule has 1 atom stereocenters. The third kappa shape index (κ3) is 5.41. The second-order valence-corrected chi connectivity index (χ2v) is 12.1. The SMILES string of the molecule is O=C(O)c1ccc2nc(CN3CCC(N4CCc5ccc(-c6ccc(Cl)cc6F)cc5C4=O)CC3)n(C[C@@H]3CCO3)c2c1. The van der Waals surface area contributed by atoms with E-state index >= 15 is 0 Å². The number of halogens is 2. The molecule has 3 aromatic carbocycles. The first kappa shape index (κ1) is 28.0. The van der Waals surface area contributed by atoms with E-state index in [1.165, 1.54) is 6.07 Å². The zero-order valence-electron chi connectivity index (χ0n) is 23.6. The second kappa shape index (κ2) is 11.4. The molecule has 3 aliphatic rings. The van der Waals surface area contributed by atoms with Crippen LogP contribution in [0.5, 0.6) is 0 Å². The molecule has 0 unspecified atom stereocenters. The molecule has 2 saturated heterocycles. The van der Waals surface area contributed by atoms with Gasteiger partial charge in [-0.15, -0.1) is 0 Å². The predicted molar refractivity (Wildman–Crippen MR) is 161 cm³/mol. The number of carboxylic acid groups (broad SMARTS) is 1. The largest absolute Gasteiger partial charge is 0.478 e. The zero-order valence-corrected chi connectivity index (χ0v) is 24.4. The minimum atomic E-state index is -0.957. The highest BCUT2D eigenvalue weighted by Crippen LogP contribution is 2.32. The summed E-state index contributed by atoms with van der Waals surface area (Å²) in [5.74, 6) is -0.457. The molecule has 0 radical (unpaired) electrons. The van der Waals surface area contributed by atoms with E-state index < -0.39 is 11.8 Å². The Bertz CT molecular complexity index is 1730. The maximum Gasteiger partial charge on any atom is 0.335 e. The number of nitrogens with zero attached hydrogens (tertiary/aromatic N) is 4. The van der Waals surface area contributed by atoms with Crippen molar-refractivity contribution < 1.29 is 23.8 Å². The van der Waals surface area contributed by atoms with Gasteiger partial charge in [-0.1, -0.05) is 23.7 Å². The van der Waals surface area contributed by atoms with Crippen molar-refractivity contribution >= 4 is 34.5 Å². The Kier molecular flexibility index (Phi) is 7.41. The number of carboxylic acids is 1. The number of carbonyl (C=O) groups is 2. The lowest BCUT2D eigenvalue weighted by Gasteiger charge is -2.40. The van der Waals surface area contributed by atoms with Crippen LogP contribution in [0.15, 0.2) is 54.6 Å². The van der Waals surface area contributed by atoms with Gasteiger partial charge < -0.3 is 19.3 Å². The molecule has 0 bridgehead atoms. The van der Waals surface area contributed by atoms with Gasteiger partial charge in [-0.05, 0) is 79.3 Å². The van der Waals surface area contributed by atoms with Gasteiger partial charge in [0.1, 0.15) is 11.6 Å². The summed E-state index contributed by atoms with van der Waals surface area (Å²) in [6.07, 6.45) is 3.56. The van der Waals surface area contributed by atoms with E-state index in [9.17, 15) is 19.1 Å². The van der Waals surface area contributed by atoms with Crippen LogP contribution in [0.4, 0.5) is 4.39 Å². The standard InChI is InChI=1S/C33H32ClFN4O4/c34-23-4-5-26(28(35)17-23)21-2-1-20-7-13-38(32(40)27(20)15-21)24-8-11-37(12-9-24)19-31-36-29-6-3-22(33(41)42)16-30(29)39(31)18-25-10-14-43-25/h1-6,15-17,24-25H,7-14,18-19H2,(H,41,42)/t25-/m0/s1. The number of aromatic nitrogens is 2. The van der Waals surface area contributed by atoms with E-state index in [0.717, 1.165) is 67.8 Å². The van der Waals surface area contributed by atoms with Gasteiger partial charge in [-0.2, -0.15) is 0 Å². The summed E-state index contributed by atoms with van der Waals surface area (Å²) in [6, 6.07) is 15.4. The van der Waals surface area contributed by atoms with Crippen molar-refractivity contribution in [2.45, 2.75) is 50.9 Å². The molecule has 1 N–H and O–H groups in total. The number of aromatic carboxylic acids is 1. The van der Waals surface area contributed by atoms with Crippen molar-refractivity contribution in [3.8, 4) is 11.1 Å². The van der Waals surface area contributed by atoms with Gasteiger partial charge in [0.15, 0.2) is 0 Å². The first-order valence-corrected chi connectivity index (χ1v) is 15.2. The summed E-state index contributed by atoms with van der Waals surface area (Å²) in [5, 5.41) is 9.86. The Morgan fingerprint density at radius 3 is 2.56 bits per heavy atom. The monoisotopic (exact) mass is 602 g/mol. The van der Waals surface area contributed by atoms with Gasteiger partial charge in [0.2, 0.25) is 0 Å². The van der Waals surface area contributed by atoms with E-state index in [-0.39, 0.29) is 23.6 Å². The Hall–Kier alpha value is -3.79. The number of likely N-dealkylation sites (tertiary alicyclic amines) is 1. The molecule has 1 aromatic heterocycles. The van der Waals surface area contributed by atoms with E-state index in [1.54, 1.807) is 30.3 Å². The molecule has 1 amide bonds. The molecule has 222 valence electrons. The number of rotatable bonds is 7. The molecule has 2 fully saturated rings. The van der Waals surface area contributed by atoms with Crippen molar-refractivity contribution in [2.75, 3.05) is 26.2 Å². The lowest BCUT2D eigenvalue weighted by atomic mass is 9.92. The number of hydrogen-bond acceptors (Lipinski definition) is 5. The zero-order chi connectivity index (χ0) is 29.7. The minimum Gasteiger partial charge on any atom is -0.478 e. The second-order valence-electron chi connectivity index (χ2n) is 11.7. The first-order valence-electron chi connectivity index (χ1n) is 14.8. The summed E-state index contributed by atoms with van der Waals surface area (Å²) in [4.78, 5) is 34.6. The average Bonchev–Trinajstić information content (AvgIpc) is 3.31. The van der Waals surface area contributed by atoms with Crippen LogP contribution >= 0.6 is 11.6 Å². The average molecular weight is 603 g/mol. The molecule has 8 nitrogen and oxygen atoms in total. The lowest BCUT2D eigenvalue weighted by Crippen LogP contribution is -2.49. The van der Waals surface area contributed by atoms with Gasteiger partial charge in [0, 0.05) is 48.4 Å². The summed E-state index contributed by atoms with van der Waals surface area (Å²) < 4.78 is 22.4. The van der Waals surface area contributed by atoms with Gasteiger partial charge in [-0.3, -0.25) is 9.69 Å². The van der Waals surface area contributed by atoms with Crippen LogP contribution in [0, 0.1) is 5.82 Å². The number of ether oxygens (including phenoxy) is 1. The number of amides is 1. The van der Waals surface area contributed by atoms with Crippen LogP contribution in [0.25, 0.3) is 22.2 Å². The summed E-state index contributed by atoms with van der Waals surface area (Å²) in [5.41, 5.74) is 4.59. The maximum absolute atomic E-state index is 14.6. The molecule has 10 heteroatoms.